The predicted molar refractivity (Wildman–Crippen MR) is 33.2 cm³/mol. The third-order valence-corrected chi connectivity index (χ3v) is 1.19. The number of aromatic nitrogens is 2. The van der Waals surface area contributed by atoms with Crippen LogP contribution in [0.15, 0.2) is 18.7 Å². The lowest BCUT2D eigenvalue weighted by Gasteiger charge is -1.81. The van der Waals surface area contributed by atoms with Crippen LogP contribution in [0.5, 0.6) is 0 Å². The van der Waals surface area contributed by atoms with E-state index < -0.39 is 0 Å². The Bertz CT molecular complexity index is 171. The van der Waals surface area contributed by atoms with Gasteiger partial charge in [-0.15, -0.1) is 0 Å². The van der Waals surface area contributed by atoms with Gasteiger partial charge in [0.15, 0.2) is 0 Å². The Hall–Kier alpha value is -0.830. The number of aryl methyl sites for hydroxylation is 2. The van der Waals surface area contributed by atoms with Gasteiger partial charge in [0.05, 0.1) is 13.6 Å². The highest BCUT2D eigenvalue weighted by Gasteiger charge is 1.92. The monoisotopic (exact) mass is 128 g/mol. The van der Waals surface area contributed by atoms with Crippen molar-refractivity contribution in [3.8, 4) is 0 Å². The van der Waals surface area contributed by atoms with Crippen LogP contribution in [0.3, 0.4) is 0 Å². The summed E-state index contributed by atoms with van der Waals surface area (Å²) in [5.74, 6) is 0. The number of nitrogens with zero attached hydrogens (tertiary/aromatic N) is 2. The van der Waals surface area contributed by atoms with Gasteiger partial charge in [0.25, 0.3) is 0 Å². The molecule has 0 spiro atoms. The molecule has 0 unspecified atom stereocenters. The van der Waals surface area contributed by atoms with Gasteiger partial charge in [-0.2, -0.15) is 0 Å². The number of imidazole rings is 1. The minimum absolute atomic E-state index is 0. The molecular formula is C6H12N2O. The number of hydrogen-bond donors (Lipinski definition) is 0. The van der Waals surface area contributed by atoms with Gasteiger partial charge in [0.1, 0.15) is 12.4 Å². The summed E-state index contributed by atoms with van der Waals surface area (Å²) in [5, 5.41) is 0. The Morgan fingerprint density at radius 1 is 1.56 bits per heavy atom. The second-order valence-electron chi connectivity index (χ2n) is 1.91. The van der Waals surface area contributed by atoms with Crippen LogP contribution in [0.2, 0.25) is 0 Å². The average Bonchev–Trinajstić information content (AvgIpc) is 2.14. The van der Waals surface area contributed by atoms with Gasteiger partial charge in [-0.3, -0.25) is 0 Å². The van der Waals surface area contributed by atoms with Crippen molar-refractivity contribution in [1.82, 2.24) is 4.57 Å². The zero-order valence-electron chi connectivity index (χ0n) is 5.78. The highest BCUT2D eigenvalue weighted by molar-refractivity contribution is 4.63. The molecule has 3 heteroatoms. The summed E-state index contributed by atoms with van der Waals surface area (Å²) in [5.41, 5.74) is 0. The molecule has 0 aliphatic carbocycles. The predicted octanol–water partition coefficient (Wildman–Crippen LogP) is 0.156. The molecule has 1 N–H and O–H groups in total. The second-order valence-corrected chi connectivity index (χ2v) is 1.91. The normalized spacial score (nSPS) is 8.67. The summed E-state index contributed by atoms with van der Waals surface area (Å²) >= 11 is 0. The third kappa shape index (κ3) is 1.85. The summed E-state index contributed by atoms with van der Waals surface area (Å²) in [6.07, 6.45) is 6.14. The van der Waals surface area contributed by atoms with Crippen molar-refractivity contribution in [2.24, 2.45) is 7.05 Å². The van der Waals surface area contributed by atoms with Gasteiger partial charge < -0.3 is 5.48 Å². The molecule has 1 aromatic heterocycles. The van der Waals surface area contributed by atoms with E-state index in [2.05, 4.69) is 24.0 Å². The minimum atomic E-state index is 0. The van der Waals surface area contributed by atoms with E-state index in [0.29, 0.717) is 0 Å². The molecule has 9 heavy (non-hydrogen) atoms. The molecule has 0 atom stereocenters. The van der Waals surface area contributed by atoms with E-state index in [1.54, 1.807) is 0 Å². The largest absolute Gasteiger partial charge is 0.870 e. The summed E-state index contributed by atoms with van der Waals surface area (Å²) in [6, 6.07) is 0. The zero-order chi connectivity index (χ0) is 5.98. The fraction of sp³-hybridized carbons (Fsp3) is 0.500. The van der Waals surface area contributed by atoms with E-state index in [4.69, 9.17) is 0 Å². The quantitative estimate of drug-likeness (QED) is 0.496. The van der Waals surface area contributed by atoms with Crippen molar-refractivity contribution < 1.29 is 10.0 Å². The van der Waals surface area contributed by atoms with Crippen molar-refractivity contribution >= 4 is 0 Å². The molecule has 1 rings (SSSR count). The maximum atomic E-state index is 2.12. The van der Waals surface area contributed by atoms with Gasteiger partial charge in [-0.05, 0) is 6.92 Å². The summed E-state index contributed by atoms with van der Waals surface area (Å²) in [6.45, 7) is 3.18. The molecule has 0 aromatic carbocycles. The first-order valence-corrected chi connectivity index (χ1v) is 2.84. The molecule has 0 bridgehead atoms. The molecule has 1 aromatic rings. The highest BCUT2D eigenvalue weighted by atomic mass is 16.0. The molecule has 0 aliphatic rings. The van der Waals surface area contributed by atoms with Gasteiger partial charge in [-0.25, -0.2) is 9.13 Å². The van der Waals surface area contributed by atoms with Crippen LogP contribution < -0.4 is 4.57 Å². The fourth-order valence-electron chi connectivity index (χ4n) is 0.689. The SMILES string of the molecule is CCn1cc[n+](C)c1.[OH-]. The van der Waals surface area contributed by atoms with Gasteiger partial charge in [0.2, 0.25) is 6.33 Å². The fourth-order valence-corrected chi connectivity index (χ4v) is 0.689. The lowest BCUT2D eigenvalue weighted by atomic mass is 10.7. The lowest BCUT2D eigenvalue weighted by Crippen LogP contribution is -2.23. The third-order valence-electron chi connectivity index (χ3n) is 1.19. The van der Waals surface area contributed by atoms with Gasteiger partial charge in [-0.1, -0.05) is 0 Å². The van der Waals surface area contributed by atoms with Crippen LogP contribution in [0, 0.1) is 0 Å². The van der Waals surface area contributed by atoms with Crippen LogP contribution in [-0.2, 0) is 13.6 Å². The highest BCUT2D eigenvalue weighted by Crippen LogP contribution is 1.79. The van der Waals surface area contributed by atoms with E-state index in [-0.39, 0.29) is 5.48 Å². The Morgan fingerprint density at radius 2 is 2.22 bits per heavy atom. The molecule has 1 heterocycles. The van der Waals surface area contributed by atoms with E-state index in [1.807, 2.05) is 17.8 Å². The van der Waals surface area contributed by atoms with Crippen LogP contribution in [0.25, 0.3) is 0 Å². The Kier molecular flexibility index (Phi) is 2.95. The van der Waals surface area contributed by atoms with Crippen LogP contribution in [0.4, 0.5) is 0 Å². The molecular weight excluding hydrogens is 116 g/mol. The molecule has 0 saturated carbocycles. The van der Waals surface area contributed by atoms with Gasteiger partial charge >= 0.3 is 0 Å². The molecule has 52 valence electrons. The van der Waals surface area contributed by atoms with Crippen molar-refractivity contribution in [3.63, 3.8) is 0 Å². The van der Waals surface area contributed by atoms with Crippen molar-refractivity contribution in [3.05, 3.63) is 18.7 Å². The molecule has 0 saturated heterocycles. The summed E-state index contributed by atoms with van der Waals surface area (Å²) in [4.78, 5) is 0. The Labute approximate surface area is 54.9 Å². The van der Waals surface area contributed by atoms with Crippen LogP contribution in [0.1, 0.15) is 6.92 Å². The first-order chi connectivity index (χ1) is 3.83. The first kappa shape index (κ1) is 8.17. The van der Waals surface area contributed by atoms with E-state index in [9.17, 15) is 0 Å². The van der Waals surface area contributed by atoms with E-state index >= 15 is 0 Å². The molecule has 0 fully saturated rings. The lowest BCUT2D eigenvalue weighted by molar-refractivity contribution is -0.671. The molecule has 0 amide bonds. The summed E-state index contributed by atoms with van der Waals surface area (Å²) in [7, 11) is 2.02. The maximum Gasteiger partial charge on any atom is 0.243 e. The van der Waals surface area contributed by atoms with Crippen molar-refractivity contribution in [2.45, 2.75) is 13.5 Å². The van der Waals surface area contributed by atoms with Crippen molar-refractivity contribution in [1.29, 1.82) is 0 Å². The smallest absolute Gasteiger partial charge is 0.243 e. The topological polar surface area (TPSA) is 38.8 Å². The number of rotatable bonds is 1. The van der Waals surface area contributed by atoms with Crippen LogP contribution in [-0.4, -0.2) is 10.0 Å². The van der Waals surface area contributed by atoms with E-state index in [0.717, 1.165) is 6.54 Å². The maximum absolute atomic E-state index is 2.12. The number of hydrogen-bond acceptors (Lipinski definition) is 1. The van der Waals surface area contributed by atoms with E-state index in [1.165, 1.54) is 0 Å². The molecule has 0 radical (unpaired) electrons. The Morgan fingerprint density at radius 3 is 2.44 bits per heavy atom. The molecule has 0 aliphatic heterocycles. The second kappa shape index (κ2) is 3.25. The summed E-state index contributed by atoms with van der Waals surface area (Å²) < 4.78 is 4.16. The van der Waals surface area contributed by atoms with Gasteiger partial charge in [0, 0.05) is 0 Å². The minimum Gasteiger partial charge on any atom is -0.870 e. The average molecular weight is 128 g/mol. The standard InChI is InChI=1S/C6H11N2.H2O/c1-3-8-5-4-7(2)6-8;/h4-6H,3H2,1-2H3;1H2/q+1;/p-1. The van der Waals surface area contributed by atoms with Crippen molar-refractivity contribution in [2.75, 3.05) is 0 Å². The molecule has 3 nitrogen and oxygen atoms in total. The first-order valence-electron chi connectivity index (χ1n) is 2.84. The van der Waals surface area contributed by atoms with Crippen LogP contribution >= 0.6 is 0 Å². The zero-order valence-corrected chi connectivity index (χ0v) is 5.78. The Balaban J connectivity index is 0.000000640.